The van der Waals surface area contributed by atoms with Gasteiger partial charge in [-0.05, 0) is 32.6 Å². The van der Waals surface area contributed by atoms with Crippen molar-refractivity contribution in [3.63, 3.8) is 0 Å². The minimum absolute atomic E-state index is 0.0777. The van der Waals surface area contributed by atoms with Gasteiger partial charge in [0.25, 0.3) is 5.91 Å². The van der Waals surface area contributed by atoms with Gasteiger partial charge in [-0.15, -0.1) is 0 Å². The first kappa shape index (κ1) is 16.7. The first-order valence-corrected chi connectivity index (χ1v) is 8.43. The summed E-state index contributed by atoms with van der Waals surface area (Å²) < 4.78 is 10.2. The first-order chi connectivity index (χ1) is 11.6. The minimum Gasteiger partial charge on any atom is -0.467 e. The van der Waals surface area contributed by atoms with Crippen LogP contribution in [0.1, 0.15) is 49.9 Å². The van der Waals surface area contributed by atoms with Crippen molar-refractivity contribution >= 4 is 11.9 Å². The topological polar surface area (TPSA) is 81.6 Å². The summed E-state index contributed by atoms with van der Waals surface area (Å²) in [4.78, 5) is 35.4. The maximum Gasteiger partial charge on any atom is 0.316 e. The molecule has 130 valence electrons. The van der Waals surface area contributed by atoms with Crippen molar-refractivity contribution < 1.29 is 19.1 Å². The molecule has 0 N–H and O–H groups in total. The predicted molar refractivity (Wildman–Crippen MR) is 85.5 cm³/mol. The van der Waals surface area contributed by atoms with E-state index in [4.69, 9.17) is 9.47 Å². The van der Waals surface area contributed by atoms with Gasteiger partial charge in [0.15, 0.2) is 0 Å². The lowest BCUT2D eigenvalue weighted by molar-refractivity contribution is -0.157. The molecule has 0 aliphatic carbocycles. The number of nitrogens with zero attached hydrogens (tertiary/aromatic N) is 3. The van der Waals surface area contributed by atoms with E-state index >= 15 is 0 Å². The Morgan fingerprint density at radius 2 is 2.00 bits per heavy atom. The van der Waals surface area contributed by atoms with Gasteiger partial charge in [-0.3, -0.25) is 9.59 Å². The molecule has 2 fully saturated rings. The smallest absolute Gasteiger partial charge is 0.316 e. The van der Waals surface area contributed by atoms with Crippen molar-refractivity contribution in [2.45, 2.75) is 51.6 Å². The van der Waals surface area contributed by atoms with Crippen LogP contribution in [0.3, 0.4) is 0 Å². The molecule has 2 aliphatic heterocycles. The number of esters is 1. The van der Waals surface area contributed by atoms with E-state index in [1.54, 1.807) is 0 Å². The average molecular weight is 333 g/mol. The number of amides is 1. The molecule has 1 amide bonds. The molecular formula is C17H23N3O4. The van der Waals surface area contributed by atoms with Crippen LogP contribution in [0.2, 0.25) is 0 Å². The van der Waals surface area contributed by atoms with Gasteiger partial charge in [0.05, 0.1) is 24.7 Å². The Labute approximate surface area is 141 Å². The van der Waals surface area contributed by atoms with Crippen LogP contribution in [-0.2, 0) is 9.53 Å². The summed E-state index contributed by atoms with van der Waals surface area (Å²) in [6.45, 7) is 4.17. The molecule has 3 heterocycles. The van der Waals surface area contributed by atoms with Crippen molar-refractivity contribution in [1.82, 2.24) is 14.9 Å². The lowest BCUT2D eigenvalue weighted by atomic mass is 9.72. The van der Waals surface area contributed by atoms with Crippen molar-refractivity contribution in [1.29, 1.82) is 0 Å². The SMILES string of the molecule is CCOC(=O)[C@@]1(CC)C[C@H]2CC[C@@H]1N2C(=O)c1cnc(OC)nc1. The van der Waals surface area contributed by atoms with Crippen LogP contribution < -0.4 is 4.74 Å². The molecule has 0 unspecified atom stereocenters. The Hall–Kier alpha value is -2.18. The Balaban J connectivity index is 1.86. The van der Waals surface area contributed by atoms with Crippen molar-refractivity contribution in [2.75, 3.05) is 13.7 Å². The maximum atomic E-state index is 12.9. The molecule has 7 nitrogen and oxygen atoms in total. The van der Waals surface area contributed by atoms with E-state index in [2.05, 4.69) is 9.97 Å². The van der Waals surface area contributed by atoms with Crippen LogP contribution in [0.5, 0.6) is 6.01 Å². The summed E-state index contributed by atoms with van der Waals surface area (Å²) in [5.41, 5.74) is -0.162. The third kappa shape index (κ3) is 2.42. The van der Waals surface area contributed by atoms with Gasteiger partial charge in [-0.2, -0.15) is 0 Å². The zero-order valence-electron chi connectivity index (χ0n) is 14.3. The Bertz CT molecular complexity index is 633. The number of hydrogen-bond acceptors (Lipinski definition) is 6. The van der Waals surface area contributed by atoms with Gasteiger partial charge < -0.3 is 14.4 Å². The number of carbonyl (C=O) groups excluding carboxylic acids is 2. The van der Waals surface area contributed by atoms with Gasteiger partial charge in [0.1, 0.15) is 0 Å². The third-order valence-electron chi connectivity index (χ3n) is 5.35. The lowest BCUT2D eigenvalue weighted by Gasteiger charge is -2.34. The number of rotatable bonds is 5. The highest BCUT2D eigenvalue weighted by Crippen LogP contribution is 2.52. The van der Waals surface area contributed by atoms with Crippen LogP contribution in [0, 0.1) is 5.41 Å². The van der Waals surface area contributed by atoms with E-state index in [0.29, 0.717) is 25.0 Å². The molecule has 1 aromatic heterocycles. The first-order valence-electron chi connectivity index (χ1n) is 8.43. The lowest BCUT2D eigenvalue weighted by Crippen LogP contribution is -2.45. The monoisotopic (exact) mass is 333 g/mol. The second-order valence-electron chi connectivity index (χ2n) is 6.35. The summed E-state index contributed by atoms with van der Waals surface area (Å²) in [6.07, 6.45) is 6.06. The quantitative estimate of drug-likeness (QED) is 0.765. The molecule has 3 atom stereocenters. The maximum absolute atomic E-state index is 12.9. The Kier molecular flexibility index (Phi) is 4.43. The number of aromatic nitrogens is 2. The molecule has 0 radical (unpaired) electrons. The summed E-state index contributed by atoms with van der Waals surface area (Å²) in [5.74, 6) is -0.298. The van der Waals surface area contributed by atoms with E-state index in [1.807, 2.05) is 18.7 Å². The van der Waals surface area contributed by atoms with E-state index < -0.39 is 5.41 Å². The molecule has 24 heavy (non-hydrogen) atoms. The molecule has 0 aromatic carbocycles. The Morgan fingerprint density at radius 1 is 1.29 bits per heavy atom. The molecule has 0 saturated carbocycles. The average Bonchev–Trinajstić information content (AvgIpc) is 3.17. The molecule has 2 aliphatic rings. The van der Waals surface area contributed by atoms with Gasteiger partial charge in [-0.1, -0.05) is 6.92 Å². The zero-order chi connectivity index (χ0) is 17.3. The fourth-order valence-electron chi connectivity index (χ4n) is 4.19. The summed E-state index contributed by atoms with van der Waals surface area (Å²) in [5, 5.41) is 0. The van der Waals surface area contributed by atoms with Gasteiger partial charge in [-0.25, -0.2) is 9.97 Å². The van der Waals surface area contributed by atoms with Crippen LogP contribution in [0.4, 0.5) is 0 Å². The molecule has 0 spiro atoms. The third-order valence-corrected chi connectivity index (χ3v) is 5.35. The van der Waals surface area contributed by atoms with Crippen molar-refractivity contribution in [2.24, 2.45) is 5.41 Å². The van der Waals surface area contributed by atoms with Crippen LogP contribution in [-0.4, -0.2) is 52.5 Å². The number of hydrogen-bond donors (Lipinski definition) is 0. The fraction of sp³-hybridized carbons (Fsp3) is 0.647. The van der Waals surface area contributed by atoms with Gasteiger partial charge in [0, 0.05) is 24.5 Å². The molecule has 7 heteroatoms. The summed E-state index contributed by atoms with van der Waals surface area (Å²) in [6, 6.07) is 0.195. The highest BCUT2D eigenvalue weighted by molar-refractivity contribution is 5.95. The summed E-state index contributed by atoms with van der Waals surface area (Å²) >= 11 is 0. The number of methoxy groups -OCH3 is 1. The predicted octanol–water partition coefficient (Wildman–Crippen LogP) is 1.82. The van der Waals surface area contributed by atoms with Crippen LogP contribution in [0.25, 0.3) is 0 Å². The molecular weight excluding hydrogens is 310 g/mol. The van der Waals surface area contributed by atoms with Crippen LogP contribution in [0.15, 0.2) is 12.4 Å². The van der Waals surface area contributed by atoms with Gasteiger partial charge >= 0.3 is 12.0 Å². The molecule has 2 saturated heterocycles. The number of ether oxygens (including phenoxy) is 2. The molecule has 2 bridgehead atoms. The standard InChI is InChI=1S/C17H23N3O4/c1-4-17(15(22)24-5-2)8-12-6-7-13(17)20(12)14(21)11-9-18-16(23-3)19-10-11/h9-10,12-13H,4-8H2,1-3H3/t12-,13+,17+/m1/s1. The summed E-state index contributed by atoms with van der Waals surface area (Å²) in [7, 11) is 1.48. The largest absolute Gasteiger partial charge is 0.467 e. The second kappa shape index (κ2) is 6.37. The van der Waals surface area contributed by atoms with Crippen molar-refractivity contribution in [3.8, 4) is 6.01 Å². The zero-order valence-corrected chi connectivity index (χ0v) is 14.3. The van der Waals surface area contributed by atoms with E-state index in [0.717, 1.165) is 12.8 Å². The molecule has 1 aromatic rings. The van der Waals surface area contributed by atoms with Gasteiger partial charge in [0.2, 0.25) is 0 Å². The van der Waals surface area contributed by atoms with Crippen molar-refractivity contribution in [3.05, 3.63) is 18.0 Å². The Morgan fingerprint density at radius 3 is 2.58 bits per heavy atom. The van der Waals surface area contributed by atoms with E-state index in [-0.39, 0.29) is 30.0 Å². The molecule has 3 rings (SSSR count). The highest BCUT2D eigenvalue weighted by atomic mass is 16.5. The number of fused-ring (bicyclic) bond motifs is 2. The highest BCUT2D eigenvalue weighted by Gasteiger charge is 2.61. The minimum atomic E-state index is -0.581. The number of carbonyl (C=O) groups is 2. The normalized spacial score (nSPS) is 28.0. The fourth-order valence-corrected chi connectivity index (χ4v) is 4.19. The van der Waals surface area contributed by atoms with E-state index in [9.17, 15) is 9.59 Å². The van der Waals surface area contributed by atoms with Crippen LogP contribution >= 0.6 is 0 Å². The van der Waals surface area contributed by atoms with E-state index in [1.165, 1.54) is 19.5 Å². The second-order valence-corrected chi connectivity index (χ2v) is 6.35.